The zero-order valence-corrected chi connectivity index (χ0v) is 18.8. The molecule has 2 N–H and O–H groups in total. The number of hydrogen-bond acceptors (Lipinski definition) is 4. The molecular weight excluding hydrogens is 422 g/mol. The third-order valence-electron chi connectivity index (χ3n) is 4.62. The van der Waals surface area contributed by atoms with Gasteiger partial charge in [0.15, 0.2) is 5.11 Å². The lowest BCUT2D eigenvalue weighted by Crippen LogP contribution is -2.34. The van der Waals surface area contributed by atoms with Crippen molar-refractivity contribution in [2.24, 2.45) is 0 Å². The van der Waals surface area contributed by atoms with Gasteiger partial charge in [0, 0.05) is 37.3 Å². The lowest BCUT2D eigenvalue weighted by atomic mass is 10.2. The van der Waals surface area contributed by atoms with Crippen LogP contribution in [0.3, 0.4) is 0 Å². The van der Waals surface area contributed by atoms with Gasteiger partial charge in [-0.2, -0.15) is 0 Å². The van der Waals surface area contributed by atoms with E-state index < -0.39 is 0 Å². The Kier molecular flexibility index (Phi) is 7.94. The fourth-order valence-electron chi connectivity index (χ4n) is 2.96. The van der Waals surface area contributed by atoms with Gasteiger partial charge in [-0.1, -0.05) is 36.4 Å². The van der Waals surface area contributed by atoms with Gasteiger partial charge in [-0.15, -0.1) is 0 Å². The summed E-state index contributed by atoms with van der Waals surface area (Å²) in [5, 5.41) is 5.73. The zero-order valence-electron chi connectivity index (χ0n) is 18.0. The summed E-state index contributed by atoms with van der Waals surface area (Å²) in [6.45, 7) is 0.555. The van der Waals surface area contributed by atoms with Gasteiger partial charge in [-0.25, -0.2) is 0 Å². The van der Waals surface area contributed by atoms with E-state index in [1.807, 2.05) is 18.2 Å². The minimum absolute atomic E-state index is 0.116. The van der Waals surface area contributed by atoms with Gasteiger partial charge in [-0.05, 0) is 60.2 Å². The summed E-state index contributed by atoms with van der Waals surface area (Å²) >= 11 is 5.24. The molecule has 0 unspecified atom stereocenters. The molecule has 3 aromatic rings. The predicted octanol–water partition coefficient (Wildman–Crippen LogP) is 4.14. The van der Waals surface area contributed by atoms with Crippen molar-refractivity contribution in [1.82, 2.24) is 10.2 Å². The van der Waals surface area contributed by atoms with E-state index in [4.69, 9.17) is 17.0 Å². The second kappa shape index (κ2) is 11.1. The highest BCUT2D eigenvalue weighted by molar-refractivity contribution is 7.80. The van der Waals surface area contributed by atoms with Crippen molar-refractivity contribution < 1.29 is 14.3 Å². The van der Waals surface area contributed by atoms with Crippen molar-refractivity contribution in [1.29, 1.82) is 0 Å². The Hall–Kier alpha value is -3.71. The van der Waals surface area contributed by atoms with E-state index in [9.17, 15) is 9.59 Å². The first-order valence-electron chi connectivity index (χ1n) is 10.1. The molecular formula is C25H25N3O3S. The molecule has 0 radical (unpaired) electrons. The van der Waals surface area contributed by atoms with E-state index in [0.29, 0.717) is 29.2 Å². The summed E-state index contributed by atoms with van der Waals surface area (Å²) in [5.41, 5.74) is 2.81. The highest BCUT2D eigenvalue weighted by Crippen LogP contribution is 2.14. The number of hydrogen-bond donors (Lipinski definition) is 2. The zero-order chi connectivity index (χ0) is 22.9. The molecule has 0 aliphatic carbocycles. The van der Waals surface area contributed by atoms with Crippen LogP contribution in [0, 0.1) is 0 Å². The number of thiocarbonyl (C=S) groups is 1. The van der Waals surface area contributed by atoms with E-state index >= 15 is 0 Å². The van der Waals surface area contributed by atoms with Crippen molar-refractivity contribution in [2.75, 3.05) is 26.0 Å². The molecule has 0 aliphatic rings. The average Bonchev–Trinajstić information content (AvgIpc) is 2.79. The molecule has 0 saturated heterocycles. The first kappa shape index (κ1) is 23.0. The van der Waals surface area contributed by atoms with Gasteiger partial charge in [0.25, 0.3) is 11.8 Å². The van der Waals surface area contributed by atoms with E-state index in [-0.39, 0.29) is 16.9 Å². The largest absolute Gasteiger partial charge is 0.493 e. The SMILES string of the molecule is CN(C)C(=O)c1cccc(NC(=S)NC(=O)c2ccc(OCCc3ccccc3)cc2)c1. The molecule has 3 rings (SSSR count). The molecule has 164 valence electrons. The third kappa shape index (κ3) is 6.65. The number of carbonyl (C=O) groups is 2. The molecule has 6 nitrogen and oxygen atoms in total. The van der Waals surface area contributed by atoms with Crippen LogP contribution in [0.1, 0.15) is 26.3 Å². The Bertz CT molecular complexity index is 1080. The van der Waals surface area contributed by atoms with Crippen LogP contribution in [0.15, 0.2) is 78.9 Å². The van der Waals surface area contributed by atoms with Crippen LogP contribution in [0.5, 0.6) is 5.75 Å². The monoisotopic (exact) mass is 447 g/mol. The second-order valence-electron chi connectivity index (χ2n) is 7.30. The third-order valence-corrected chi connectivity index (χ3v) is 4.82. The van der Waals surface area contributed by atoms with Crippen LogP contribution in [0.4, 0.5) is 5.69 Å². The molecule has 32 heavy (non-hydrogen) atoms. The standard InChI is InChI=1S/C25H25N3O3S/c1-28(2)24(30)20-9-6-10-21(17-20)26-25(32)27-23(29)19-11-13-22(14-12-19)31-16-15-18-7-4-3-5-8-18/h3-14,17H,15-16H2,1-2H3,(H2,26,27,29,32). The number of nitrogens with one attached hydrogen (secondary N) is 2. The number of benzene rings is 3. The molecule has 7 heteroatoms. The molecule has 0 atom stereocenters. The highest BCUT2D eigenvalue weighted by Gasteiger charge is 2.11. The topological polar surface area (TPSA) is 70.7 Å². The first-order valence-corrected chi connectivity index (χ1v) is 10.5. The van der Waals surface area contributed by atoms with Gasteiger partial charge >= 0.3 is 0 Å². The van der Waals surface area contributed by atoms with Gasteiger partial charge in [0.2, 0.25) is 0 Å². The Morgan fingerprint density at radius 2 is 1.62 bits per heavy atom. The Morgan fingerprint density at radius 1 is 0.906 bits per heavy atom. The predicted molar refractivity (Wildman–Crippen MR) is 130 cm³/mol. The number of carbonyl (C=O) groups excluding carboxylic acids is 2. The summed E-state index contributed by atoms with van der Waals surface area (Å²) in [6.07, 6.45) is 0.810. The average molecular weight is 448 g/mol. The number of rotatable bonds is 7. The number of amides is 2. The fraction of sp³-hybridized carbons (Fsp3) is 0.160. The summed E-state index contributed by atoms with van der Waals surface area (Å²) < 4.78 is 5.75. The van der Waals surface area contributed by atoms with Crippen molar-refractivity contribution in [3.8, 4) is 5.75 Å². The summed E-state index contributed by atoms with van der Waals surface area (Å²) in [6, 6.07) is 23.9. The molecule has 0 heterocycles. The van der Waals surface area contributed by atoms with Crippen molar-refractivity contribution in [3.05, 3.63) is 95.6 Å². The molecule has 0 bridgehead atoms. The maximum Gasteiger partial charge on any atom is 0.257 e. The minimum atomic E-state index is -0.334. The number of ether oxygens (including phenoxy) is 1. The summed E-state index contributed by atoms with van der Waals surface area (Å²) in [5.74, 6) is 0.245. The van der Waals surface area contributed by atoms with Crippen LogP contribution in [-0.4, -0.2) is 42.5 Å². The van der Waals surface area contributed by atoms with Crippen molar-refractivity contribution in [3.63, 3.8) is 0 Å². The van der Waals surface area contributed by atoms with Gasteiger partial charge in [0.1, 0.15) is 5.75 Å². The number of nitrogens with zero attached hydrogens (tertiary/aromatic N) is 1. The molecule has 2 amide bonds. The molecule has 0 fully saturated rings. The Balaban J connectivity index is 1.50. The normalized spacial score (nSPS) is 10.2. The molecule has 0 aromatic heterocycles. The number of anilines is 1. The van der Waals surface area contributed by atoms with Gasteiger partial charge in [-0.3, -0.25) is 14.9 Å². The van der Waals surface area contributed by atoms with Gasteiger partial charge in [0.05, 0.1) is 6.61 Å². The van der Waals surface area contributed by atoms with E-state index in [0.717, 1.165) is 6.42 Å². The van der Waals surface area contributed by atoms with Crippen molar-refractivity contribution >= 4 is 34.8 Å². The first-order chi connectivity index (χ1) is 15.4. The second-order valence-corrected chi connectivity index (χ2v) is 7.71. The Morgan fingerprint density at radius 3 is 2.31 bits per heavy atom. The summed E-state index contributed by atoms with van der Waals surface area (Å²) in [4.78, 5) is 26.1. The van der Waals surface area contributed by atoms with Crippen LogP contribution in [-0.2, 0) is 6.42 Å². The quantitative estimate of drug-likeness (QED) is 0.533. The highest BCUT2D eigenvalue weighted by atomic mass is 32.1. The summed E-state index contributed by atoms with van der Waals surface area (Å²) in [7, 11) is 3.37. The van der Waals surface area contributed by atoms with Crippen molar-refractivity contribution in [2.45, 2.75) is 6.42 Å². The maximum atomic E-state index is 12.5. The lowest BCUT2D eigenvalue weighted by Gasteiger charge is -2.13. The van der Waals surface area contributed by atoms with Crippen LogP contribution < -0.4 is 15.4 Å². The van der Waals surface area contributed by atoms with E-state index in [1.54, 1.807) is 62.6 Å². The van der Waals surface area contributed by atoms with Crippen LogP contribution in [0.25, 0.3) is 0 Å². The molecule has 0 spiro atoms. The minimum Gasteiger partial charge on any atom is -0.493 e. The molecule has 0 saturated carbocycles. The van der Waals surface area contributed by atoms with Gasteiger partial charge < -0.3 is 15.0 Å². The molecule has 0 aliphatic heterocycles. The maximum absolute atomic E-state index is 12.5. The Labute approximate surface area is 193 Å². The van der Waals surface area contributed by atoms with Crippen LogP contribution in [0.2, 0.25) is 0 Å². The lowest BCUT2D eigenvalue weighted by molar-refractivity contribution is 0.0827. The fourth-order valence-corrected chi connectivity index (χ4v) is 3.17. The molecule has 3 aromatic carbocycles. The van der Waals surface area contributed by atoms with Crippen LogP contribution >= 0.6 is 12.2 Å². The van der Waals surface area contributed by atoms with E-state index in [2.05, 4.69) is 22.8 Å². The van der Waals surface area contributed by atoms with E-state index in [1.165, 1.54) is 10.5 Å². The smallest absolute Gasteiger partial charge is 0.257 e.